The minimum Gasteiger partial charge on any atom is -0.394 e. The van der Waals surface area contributed by atoms with Gasteiger partial charge in [0, 0.05) is 6.54 Å². The number of unbranched alkanes of at least 4 members (excludes halogenated alkanes) is 7. The molecule has 0 aliphatic heterocycles. The summed E-state index contributed by atoms with van der Waals surface area (Å²) < 4.78 is 1.83. The topological polar surface area (TPSA) is 97.2 Å². The van der Waals surface area contributed by atoms with Crippen molar-refractivity contribution in [3.8, 4) is 0 Å². The Morgan fingerprint density at radius 2 is 1.70 bits per heavy atom. The maximum Gasteiger partial charge on any atom is 0.105 e. The summed E-state index contributed by atoms with van der Waals surface area (Å²) in [6, 6.07) is 0. The molecule has 0 aliphatic carbocycles. The summed E-state index contributed by atoms with van der Waals surface area (Å²) in [5, 5.41) is 26.4. The van der Waals surface area contributed by atoms with Crippen LogP contribution in [0.15, 0.2) is 12.3 Å². The number of aliphatic hydroxyl groups excluding tert-OH is 2. The fraction of sp³-hybridized carbons (Fsp3) is 0.765. The first-order valence-electron chi connectivity index (χ1n) is 8.73. The first-order chi connectivity index (χ1) is 11.1. The third-order valence-electron chi connectivity index (χ3n) is 3.97. The van der Waals surface area contributed by atoms with E-state index in [2.05, 4.69) is 17.2 Å². The van der Waals surface area contributed by atoms with Crippen molar-refractivity contribution in [2.24, 2.45) is 5.73 Å². The van der Waals surface area contributed by atoms with E-state index in [1.807, 2.05) is 10.9 Å². The molecule has 1 aromatic heterocycles. The number of hydrogen-bond donors (Lipinski definition) is 3. The number of hydrogen-bond acceptors (Lipinski definition) is 5. The highest BCUT2D eigenvalue weighted by Gasteiger charge is 2.18. The lowest BCUT2D eigenvalue weighted by Gasteiger charge is -2.19. The minimum absolute atomic E-state index is 0.313. The molecule has 0 atom stereocenters. The van der Waals surface area contributed by atoms with Crippen LogP contribution in [0.4, 0.5) is 0 Å². The lowest BCUT2D eigenvalue weighted by atomic mass is 10.0. The molecular formula is C17H32N4O2. The standard InChI is InChI=1S/C17H32N4O2/c1-2-3-4-5-6-7-8-9-12-21-13-16(19-20-21)10-11-17(18,14-22)15-23/h10-11,13,22-23H,2-9,12,14-15,18H2,1H3/b11-10+. The van der Waals surface area contributed by atoms with Crippen LogP contribution in [0.25, 0.3) is 6.08 Å². The zero-order valence-corrected chi connectivity index (χ0v) is 14.3. The van der Waals surface area contributed by atoms with Crippen LogP contribution in [-0.4, -0.2) is 44.0 Å². The van der Waals surface area contributed by atoms with Gasteiger partial charge in [-0.1, -0.05) is 63.2 Å². The predicted octanol–water partition coefficient (Wildman–Crippen LogP) is 2.11. The lowest BCUT2D eigenvalue weighted by molar-refractivity contribution is 0.152. The Bertz CT molecular complexity index is 442. The molecule has 0 aromatic carbocycles. The van der Waals surface area contributed by atoms with Crippen molar-refractivity contribution in [3.05, 3.63) is 18.0 Å². The van der Waals surface area contributed by atoms with E-state index in [0.29, 0.717) is 5.69 Å². The van der Waals surface area contributed by atoms with Gasteiger partial charge in [-0.3, -0.25) is 4.68 Å². The van der Waals surface area contributed by atoms with Gasteiger partial charge in [-0.25, -0.2) is 0 Å². The van der Waals surface area contributed by atoms with Crippen molar-refractivity contribution in [1.82, 2.24) is 15.0 Å². The smallest absolute Gasteiger partial charge is 0.105 e. The van der Waals surface area contributed by atoms with Crippen LogP contribution in [0.2, 0.25) is 0 Å². The molecule has 132 valence electrons. The van der Waals surface area contributed by atoms with Gasteiger partial charge in [0.1, 0.15) is 5.69 Å². The van der Waals surface area contributed by atoms with E-state index < -0.39 is 5.54 Å². The van der Waals surface area contributed by atoms with Gasteiger partial charge in [0.2, 0.25) is 0 Å². The molecule has 4 N–H and O–H groups in total. The third-order valence-corrected chi connectivity index (χ3v) is 3.97. The summed E-state index contributed by atoms with van der Waals surface area (Å²) in [6.07, 6.45) is 15.4. The van der Waals surface area contributed by atoms with E-state index in [9.17, 15) is 0 Å². The Morgan fingerprint density at radius 1 is 1.09 bits per heavy atom. The monoisotopic (exact) mass is 324 g/mol. The predicted molar refractivity (Wildman–Crippen MR) is 92.8 cm³/mol. The van der Waals surface area contributed by atoms with Gasteiger partial charge < -0.3 is 15.9 Å². The Kier molecular flexibility index (Phi) is 9.75. The van der Waals surface area contributed by atoms with Crippen molar-refractivity contribution in [1.29, 1.82) is 0 Å². The second-order valence-corrected chi connectivity index (χ2v) is 6.26. The summed E-state index contributed by atoms with van der Waals surface area (Å²) in [7, 11) is 0. The zero-order chi connectivity index (χ0) is 17.0. The molecule has 0 saturated carbocycles. The molecule has 0 aliphatic rings. The fourth-order valence-electron chi connectivity index (χ4n) is 2.31. The van der Waals surface area contributed by atoms with Gasteiger partial charge >= 0.3 is 0 Å². The number of nitrogens with two attached hydrogens (primary N) is 1. The van der Waals surface area contributed by atoms with E-state index in [4.69, 9.17) is 15.9 Å². The second kappa shape index (κ2) is 11.3. The largest absolute Gasteiger partial charge is 0.394 e. The Balaban J connectivity index is 2.22. The highest BCUT2D eigenvalue weighted by molar-refractivity contribution is 5.44. The highest BCUT2D eigenvalue weighted by Crippen LogP contribution is 2.09. The Labute approximate surface area is 139 Å². The summed E-state index contributed by atoms with van der Waals surface area (Å²) in [6.45, 7) is 2.48. The maximum atomic E-state index is 9.13. The van der Waals surface area contributed by atoms with Crippen molar-refractivity contribution in [3.63, 3.8) is 0 Å². The molecular weight excluding hydrogens is 292 g/mol. The molecule has 0 amide bonds. The van der Waals surface area contributed by atoms with Crippen LogP contribution in [0.3, 0.4) is 0 Å². The van der Waals surface area contributed by atoms with Crippen LogP contribution in [-0.2, 0) is 6.54 Å². The van der Waals surface area contributed by atoms with Crippen LogP contribution >= 0.6 is 0 Å². The average Bonchev–Trinajstić information content (AvgIpc) is 3.03. The van der Waals surface area contributed by atoms with E-state index >= 15 is 0 Å². The highest BCUT2D eigenvalue weighted by atomic mass is 16.3. The average molecular weight is 324 g/mol. The van der Waals surface area contributed by atoms with Crippen LogP contribution in [0.5, 0.6) is 0 Å². The van der Waals surface area contributed by atoms with E-state index in [1.165, 1.54) is 44.9 Å². The van der Waals surface area contributed by atoms with Gasteiger partial charge in [-0.15, -0.1) is 5.10 Å². The normalized spacial score (nSPS) is 12.3. The number of nitrogens with zero attached hydrogens (tertiary/aromatic N) is 3. The molecule has 0 saturated heterocycles. The Hall–Kier alpha value is -1.24. The van der Waals surface area contributed by atoms with Crippen molar-refractivity contribution in [2.45, 2.75) is 70.4 Å². The zero-order valence-electron chi connectivity index (χ0n) is 14.3. The second-order valence-electron chi connectivity index (χ2n) is 6.26. The van der Waals surface area contributed by atoms with Crippen LogP contribution < -0.4 is 5.73 Å². The maximum absolute atomic E-state index is 9.13. The number of aromatic nitrogens is 3. The third kappa shape index (κ3) is 8.25. The summed E-state index contributed by atoms with van der Waals surface area (Å²) >= 11 is 0. The molecule has 1 heterocycles. The molecule has 6 heteroatoms. The minimum atomic E-state index is -1.11. The van der Waals surface area contributed by atoms with E-state index in [-0.39, 0.29) is 13.2 Å². The molecule has 0 bridgehead atoms. The number of aliphatic hydroxyl groups is 2. The lowest BCUT2D eigenvalue weighted by Crippen LogP contribution is -2.45. The summed E-state index contributed by atoms with van der Waals surface area (Å²) in [4.78, 5) is 0. The van der Waals surface area contributed by atoms with E-state index in [1.54, 1.807) is 12.2 Å². The first kappa shape index (κ1) is 19.8. The fourth-order valence-corrected chi connectivity index (χ4v) is 2.31. The molecule has 0 unspecified atom stereocenters. The SMILES string of the molecule is CCCCCCCCCCn1cc(/C=C/C(N)(CO)CO)nn1. The summed E-state index contributed by atoms with van der Waals surface area (Å²) in [5.74, 6) is 0. The van der Waals surface area contributed by atoms with Gasteiger partial charge in [-0.05, 0) is 12.5 Å². The van der Waals surface area contributed by atoms with Gasteiger partial charge in [0.15, 0.2) is 0 Å². The van der Waals surface area contributed by atoms with Gasteiger partial charge in [0.25, 0.3) is 0 Å². The Morgan fingerprint density at radius 3 is 2.30 bits per heavy atom. The van der Waals surface area contributed by atoms with Gasteiger partial charge in [0.05, 0.1) is 24.9 Å². The molecule has 6 nitrogen and oxygen atoms in total. The molecule has 0 spiro atoms. The summed E-state index contributed by atoms with van der Waals surface area (Å²) in [5.41, 5.74) is 5.34. The molecule has 1 aromatic rings. The van der Waals surface area contributed by atoms with Crippen LogP contribution in [0.1, 0.15) is 64.0 Å². The quantitative estimate of drug-likeness (QED) is 0.483. The van der Waals surface area contributed by atoms with Crippen molar-refractivity contribution < 1.29 is 10.2 Å². The van der Waals surface area contributed by atoms with E-state index in [0.717, 1.165) is 13.0 Å². The van der Waals surface area contributed by atoms with Crippen molar-refractivity contribution in [2.75, 3.05) is 13.2 Å². The molecule has 0 radical (unpaired) electrons. The van der Waals surface area contributed by atoms with Crippen LogP contribution in [0, 0.1) is 0 Å². The first-order valence-corrected chi connectivity index (χ1v) is 8.73. The van der Waals surface area contributed by atoms with Gasteiger partial charge in [-0.2, -0.15) is 0 Å². The number of rotatable bonds is 13. The molecule has 23 heavy (non-hydrogen) atoms. The number of aryl methyl sites for hydroxylation is 1. The molecule has 1 rings (SSSR count). The molecule has 0 fully saturated rings. The van der Waals surface area contributed by atoms with Crippen molar-refractivity contribution >= 4 is 6.08 Å².